The number of nitrogens with zero attached hydrogens (tertiary/aromatic N) is 2. The van der Waals surface area contributed by atoms with Crippen LogP contribution < -0.4 is 4.74 Å². The van der Waals surface area contributed by atoms with Gasteiger partial charge in [0.05, 0.1) is 0 Å². The molecule has 0 aliphatic carbocycles. The molecule has 0 aromatic heterocycles. The lowest BCUT2D eigenvalue weighted by Gasteiger charge is -2.34. The Labute approximate surface area is 139 Å². The van der Waals surface area contributed by atoms with Crippen molar-refractivity contribution >= 4 is 5.91 Å². The Balaban J connectivity index is 1.90. The third kappa shape index (κ3) is 4.83. The first-order valence-electron chi connectivity index (χ1n) is 8.35. The van der Waals surface area contributed by atoms with E-state index in [0.717, 1.165) is 49.6 Å². The van der Waals surface area contributed by atoms with Crippen LogP contribution in [0.15, 0.2) is 30.9 Å². The fraction of sp³-hybridized carbons (Fsp3) is 0.526. The zero-order chi connectivity index (χ0) is 16.8. The molecule has 1 aliphatic heterocycles. The summed E-state index contributed by atoms with van der Waals surface area (Å²) >= 11 is 0. The van der Waals surface area contributed by atoms with E-state index in [2.05, 4.69) is 37.5 Å². The zero-order valence-electron chi connectivity index (χ0n) is 14.5. The molecule has 4 nitrogen and oxygen atoms in total. The van der Waals surface area contributed by atoms with Gasteiger partial charge in [0.1, 0.15) is 5.75 Å². The highest BCUT2D eigenvalue weighted by atomic mass is 16.5. The van der Waals surface area contributed by atoms with Crippen LogP contribution in [0, 0.1) is 6.92 Å². The maximum Gasteiger partial charge on any atom is 0.260 e. The van der Waals surface area contributed by atoms with E-state index >= 15 is 0 Å². The van der Waals surface area contributed by atoms with Gasteiger partial charge in [0, 0.05) is 32.7 Å². The zero-order valence-corrected chi connectivity index (χ0v) is 14.5. The number of carbonyl (C=O) groups excluding carboxylic acids is 1. The third-order valence-electron chi connectivity index (χ3n) is 4.25. The van der Waals surface area contributed by atoms with Gasteiger partial charge in [0.2, 0.25) is 0 Å². The molecule has 1 aromatic rings. The fourth-order valence-corrected chi connectivity index (χ4v) is 2.84. The van der Waals surface area contributed by atoms with Crippen LogP contribution in [0.3, 0.4) is 0 Å². The molecule has 1 amide bonds. The normalized spacial score (nSPS) is 15.7. The van der Waals surface area contributed by atoms with Gasteiger partial charge in [-0.15, -0.1) is 6.58 Å². The Morgan fingerprint density at radius 1 is 1.30 bits per heavy atom. The van der Waals surface area contributed by atoms with Gasteiger partial charge in [0.15, 0.2) is 6.61 Å². The van der Waals surface area contributed by atoms with Crippen molar-refractivity contribution in [2.24, 2.45) is 0 Å². The van der Waals surface area contributed by atoms with Crippen LogP contribution in [0.4, 0.5) is 0 Å². The molecule has 0 bridgehead atoms. The lowest BCUT2D eigenvalue weighted by atomic mass is 10.0. The molecule has 1 fully saturated rings. The molecule has 0 saturated carbocycles. The van der Waals surface area contributed by atoms with E-state index in [4.69, 9.17) is 4.74 Å². The smallest absolute Gasteiger partial charge is 0.260 e. The number of piperazine rings is 1. The molecule has 0 atom stereocenters. The van der Waals surface area contributed by atoms with Crippen LogP contribution in [0.25, 0.3) is 0 Å². The number of aryl methyl sites for hydroxylation is 1. The number of ether oxygens (including phenoxy) is 1. The highest BCUT2D eigenvalue weighted by molar-refractivity contribution is 5.78. The van der Waals surface area contributed by atoms with Gasteiger partial charge in [-0.05, 0) is 30.0 Å². The van der Waals surface area contributed by atoms with Crippen LogP contribution in [0.1, 0.15) is 30.9 Å². The molecule has 4 heteroatoms. The van der Waals surface area contributed by atoms with Gasteiger partial charge < -0.3 is 9.64 Å². The molecule has 1 heterocycles. The van der Waals surface area contributed by atoms with Gasteiger partial charge in [-0.1, -0.05) is 32.1 Å². The quantitative estimate of drug-likeness (QED) is 0.757. The van der Waals surface area contributed by atoms with Crippen LogP contribution in [-0.2, 0) is 4.79 Å². The first-order chi connectivity index (χ1) is 11.0. The minimum Gasteiger partial charge on any atom is -0.483 e. The topological polar surface area (TPSA) is 32.8 Å². The molecule has 0 unspecified atom stereocenters. The first-order valence-corrected chi connectivity index (χ1v) is 8.35. The highest BCUT2D eigenvalue weighted by Crippen LogP contribution is 2.27. The van der Waals surface area contributed by atoms with Crippen LogP contribution in [0.5, 0.6) is 5.75 Å². The Morgan fingerprint density at radius 3 is 2.61 bits per heavy atom. The van der Waals surface area contributed by atoms with Gasteiger partial charge in [-0.3, -0.25) is 9.69 Å². The largest absolute Gasteiger partial charge is 0.483 e. The van der Waals surface area contributed by atoms with E-state index in [-0.39, 0.29) is 12.5 Å². The second-order valence-electron chi connectivity index (χ2n) is 6.45. The summed E-state index contributed by atoms with van der Waals surface area (Å²) in [7, 11) is 0. The summed E-state index contributed by atoms with van der Waals surface area (Å²) in [4.78, 5) is 16.6. The predicted molar refractivity (Wildman–Crippen MR) is 94.0 cm³/mol. The van der Waals surface area contributed by atoms with Crippen LogP contribution in [-0.4, -0.2) is 55.0 Å². The summed E-state index contributed by atoms with van der Waals surface area (Å²) in [6, 6.07) is 6.20. The average Bonchev–Trinajstić information content (AvgIpc) is 2.53. The molecular weight excluding hydrogens is 288 g/mol. The molecule has 23 heavy (non-hydrogen) atoms. The monoisotopic (exact) mass is 316 g/mol. The summed E-state index contributed by atoms with van der Waals surface area (Å²) < 4.78 is 5.85. The Hall–Kier alpha value is -1.81. The van der Waals surface area contributed by atoms with E-state index < -0.39 is 0 Å². The van der Waals surface area contributed by atoms with Crippen molar-refractivity contribution in [3.63, 3.8) is 0 Å². The predicted octanol–water partition coefficient (Wildman–Crippen LogP) is 2.83. The van der Waals surface area contributed by atoms with Crippen LogP contribution in [0.2, 0.25) is 0 Å². The standard InChI is InChI=1S/C19H28N2O2/c1-5-8-20-9-11-21(12-10-20)19(22)14-23-18-13-16(4)6-7-17(18)15(2)3/h5-7,13,15H,1,8-12,14H2,2-4H3. The van der Waals surface area contributed by atoms with Crippen molar-refractivity contribution in [2.75, 3.05) is 39.3 Å². The van der Waals surface area contributed by atoms with Crippen molar-refractivity contribution < 1.29 is 9.53 Å². The SMILES string of the molecule is C=CCN1CCN(C(=O)COc2cc(C)ccc2C(C)C)CC1. The number of rotatable bonds is 6. The molecule has 1 aliphatic rings. The molecular formula is C19H28N2O2. The summed E-state index contributed by atoms with van der Waals surface area (Å²) in [6.07, 6.45) is 1.91. The second-order valence-corrected chi connectivity index (χ2v) is 6.45. The number of amides is 1. The van der Waals surface area contributed by atoms with Crippen LogP contribution >= 0.6 is 0 Å². The third-order valence-corrected chi connectivity index (χ3v) is 4.25. The number of carbonyl (C=O) groups is 1. The average molecular weight is 316 g/mol. The summed E-state index contributed by atoms with van der Waals surface area (Å²) in [5, 5.41) is 0. The molecule has 0 N–H and O–H groups in total. The van der Waals surface area contributed by atoms with Gasteiger partial charge >= 0.3 is 0 Å². The van der Waals surface area contributed by atoms with Gasteiger partial charge in [0.25, 0.3) is 5.91 Å². The van der Waals surface area contributed by atoms with E-state index in [0.29, 0.717) is 5.92 Å². The lowest BCUT2D eigenvalue weighted by Crippen LogP contribution is -2.49. The van der Waals surface area contributed by atoms with E-state index in [1.807, 2.05) is 24.0 Å². The second kappa shape index (κ2) is 8.16. The number of hydrogen-bond donors (Lipinski definition) is 0. The Bertz CT molecular complexity index is 546. The summed E-state index contributed by atoms with van der Waals surface area (Å²) in [5.41, 5.74) is 2.30. The molecule has 1 aromatic carbocycles. The first kappa shape index (κ1) is 17.5. The van der Waals surface area contributed by atoms with E-state index in [1.165, 1.54) is 0 Å². The molecule has 1 saturated heterocycles. The number of benzene rings is 1. The molecule has 0 spiro atoms. The molecule has 2 rings (SSSR count). The summed E-state index contributed by atoms with van der Waals surface area (Å²) in [5.74, 6) is 1.28. The van der Waals surface area contributed by atoms with Gasteiger partial charge in [-0.2, -0.15) is 0 Å². The summed E-state index contributed by atoms with van der Waals surface area (Å²) in [6.45, 7) is 14.4. The minimum absolute atomic E-state index is 0.0689. The number of hydrogen-bond acceptors (Lipinski definition) is 3. The van der Waals surface area contributed by atoms with Crippen molar-refractivity contribution in [1.82, 2.24) is 9.80 Å². The van der Waals surface area contributed by atoms with E-state index in [1.54, 1.807) is 0 Å². The van der Waals surface area contributed by atoms with Crippen molar-refractivity contribution in [3.8, 4) is 5.75 Å². The maximum absolute atomic E-state index is 12.4. The van der Waals surface area contributed by atoms with Crippen molar-refractivity contribution in [1.29, 1.82) is 0 Å². The van der Waals surface area contributed by atoms with Crippen molar-refractivity contribution in [2.45, 2.75) is 26.7 Å². The maximum atomic E-state index is 12.4. The van der Waals surface area contributed by atoms with E-state index in [9.17, 15) is 4.79 Å². The van der Waals surface area contributed by atoms with Crippen molar-refractivity contribution in [3.05, 3.63) is 42.0 Å². The van der Waals surface area contributed by atoms with Gasteiger partial charge in [-0.25, -0.2) is 0 Å². The molecule has 126 valence electrons. The Morgan fingerprint density at radius 2 is 2.00 bits per heavy atom. The highest BCUT2D eigenvalue weighted by Gasteiger charge is 2.21. The Kier molecular flexibility index (Phi) is 6.22. The lowest BCUT2D eigenvalue weighted by molar-refractivity contribution is -0.135. The fourth-order valence-electron chi connectivity index (χ4n) is 2.84. The molecule has 0 radical (unpaired) electrons. The minimum atomic E-state index is 0.0689.